The number of H-pyrrole nitrogens is 1. The average Bonchev–Trinajstić information content (AvgIpc) is 3.39. The van der Waals surface area contributed by atoms with Gasteiger partial charge in [-0.3, -0.25) is 9.59 Å². The van der Waals surface area contributed by atoms with Gasteiger partial charge in [-0.1, -0.05) is 6.07 Å². The summed E-state index contributed by atoms with van der Waals surface area (Å²) in [6.07, 6.45) is 0.497. The molecule has 0 radical (unpaired) electrons. The first-order chi connectivity index (χ1) is 15.6. The quantitative estimate of drug-likeness (QED) is 0.506. The van der Waals surface area contributed by atoms with Crippen LogP contribution in [0.3, 0.4) is 0 Å². The van der Waals surface area contributed by atoms with E-state index in [1.165, 1.54) is 10.6 Å². The third kappa shape index (κ3) is 3.42. The van der Waals surface area contributed by atoms with Crippen molar-refractivity contribution in [2.45, 2.75) is 32.6 Å². The molecule has 0 saturated carbocycles. The fourth-order valence-electron chi connectivity index (χ4n) is 4.39. The standard InChI is InChI=1S/C23H20F3N5O2/c1-13-11-29(12-28-13)19-5-6-20-22(33)30(7-8-31(20)21(19)32)14(2)17-10-27-18-9-15(23(24,25)26)3-4-16(17)18/h3-6,9-12,14,27H,7-8H2,1-2H3. The molecule has 4 aromatic rings. The first kappa shape index (κ1) is 21.0. The minimum absolute atomic E-state index is 0.276. The van der Waals surface area contributed by atoms with Gasteiger partial charge in [0.1, 0.15) is 11.4 Å². The number of carbonyl (C=O) groups is 1. The lowest BCUT2D eigenvalue weighted by atomic mass is 10.0. The average molecular weight is 455 g/mol. The van der Waals surface area contributed by atoms with E-state index in [2.05, 4.69) is 9.97 Å². The van der Waals surface area contributed by atoms with Crippen LogP contribution in [0, 0.1) is 6.92 Å². The highest BCUT2D eigenvalue weighted by molar-refractivity contribution is 5.94. The molecule has 0 fully saturated rings. The number of amides is 1. The third-order valence-corrected chi connectivity index (χ3v) is 6.15. The van der Waals surface area contributed by atoms with Crippen LogP contribution in [0.15, 0.2) is 53.8 Å². The highest BCUT2D eigenvalue weighted by atomic mass is 19.4. The number of pyridine rings is 1. The predicted octanol–water partition coefficient (Wildman–Crippen LogP) is 4.06. The number of aromatic amines is 1. The van der Waals surface area contributed by atoms with Gasteiger partial charge >= 0.3 is 6.18 Å². The van der Waals surface area contributed by atoms with Crippen LogP contribution in [0.4, 0.5) is 13.2 Å². The minimum Gasteiger partial charge on any atom is -0.361 e. The second-order valence-electron chi connectivity index (χ2n) is 8.16. The molecule has 1 aliphatic rings. The molecule has 0 aliphatic carbocycles. The maximum atomic E-state index is 13.3. The molecule has 10 heteroatoms. The maximum Gasteiger partial charge on any atom is 0.416 e. The molecule has 1 amide bonds. The first-order valence-electron chi connectivity index (χ1n) is 10.4. The number of fused-ring (bicyclic) bond motifs is 2. The molecule has 7 nitrogen and oxygen atoms in total. The molecule has 1 N–H and O–H groups in total. The van der Waals surface area contributed by atoms with E-state index >= 15 is 0 Å². The third-order valence-electron chi connectivity index (χ3n) is 6.15. The van der Waals surface area contributed by atoms with Gasteiger partial charge in [0, 0.05) is 36.4 Å². The Hall–Kier alpha value is -3.82. The van der Waals surface area contributed by atoms with Crippen molar-refractivity contribution in [3.63, 3.8) is 0 Å². The molecular weight excluding hydrogens is 435 g/mol. The van der Waals surface area contributed by atoms with Crippen LogP contribution in [0.5, 0.6) is 0 Å². The van der Waals surface area contributed by atoms with Crippen LogP contribution in [0.25, 0.3) is 16.6 Å². The van der Waals surface area contributed by atoms with Crippen LogP contribution in [-0.4, -0.2) is 36.5 Å². The number of nitrogens with zero attached hydrogens (tertiary/aromatic N) is 4. The lowest BCUT2D eigenvalue weighted by Gasteiger charge is -2.34. The Labute approximate surface area is 186 Å². The van der Waals surface area contributed by atoms with Crippen LogP contribution in [0.2, 0.25) is 0 Å². The number of hydrogen-bond acceptors (Lipinski definition) is 3. The van der Waals surface area contributed by atoms with Crippen LogP contribution in [-0.2, 0) is 12.7 Å². The number of hydrogen-bond donors (Lipinski definition) is 1. The number of imidazole rings is 1. The molecule has 1 unspecified atom stereocenters. The largest absolute Gasteiger partial charge is 0.416 e. The monoisotopic (exact) mass is 455 g/mol. The maximum absolute atomic E-state index is 13.3. The van der Waals surface area contributed by atoms with Gasteiger partial charge < -0.3 is 19.0 Å². The van der Waals surface area contributed by atoms with E-state index in [0.717, 1.165) is 17.8 Å². The van der Waals surface area contributed by atoms with Crippen molar-refractivity contribution in [2.24, 2.45) is 0 Å². The van der Waals surface area contributed by atoms with E-state index in [9.17, 15) is 22.8 Å². The lowest BCUT2D eigenvalue weighted by molar-refractivity contribution is -0.137. The van der Waals surface area contributed by atoms with E-state index in [4.69, 9.17) is 0 Å². The van der Waals surface area contributed by atoms with Crippen LogP contribution >= 0.6 is 0 Å². The molecule has 1 atom stereocenters. The number of alkyl halides is 3. The lowest BCUT2D eigenvalue weighted by Crippen LogP contribution is -2.45. The van der Waals surface area contributed by atoms with Crippen molar-refractivity contribution in [1.29, 1.82) is 0 Å². The van der Waals surface area contributed by atoms with Crippen molar-refractivity contribution in [2.75, 3.05) is 6.54 Å². The SMILES string of the molecule is Cc1cn(-c2ccc3n(c2=O)CCN(C(C)c2c[nH]c4cc(C(F)(F)F)ccc24)C3=O)cn1. The number of nitrogens with one attached hydrogen (secondary N) is 1. The van der Waals surface area contributed by atoms with Crippen molar-refractivity contribution in [3.8, 4) is 5.69 Å². The fourth-order valence-corrected chi connectivity index (χ4v) is 4.39. The molecule has 0 bridgehead atoms. The van der Waals surface area contributed by atoms with E-state index in [0.29, 0.717) is 35.2 Å². The first-order valence-corrected chi connectivity index (χ1v) is 10.4. The van der Waals surface area contributed by atoms with Gasteiger partial charge in [-0.2, -0.15) is 13.2 Å². The van der Waals surface area contributed by atoms with Crippen LogP contribution < -0.4 is 5.56 Å². The summed E-state index contributed by atoms with van der Waals surface area (Å²) in [5.41, 5.74) is 1.51. The molecule has 1 aromatic carbocycles. The Morgan fingerprint density at radius 3 is 2.61 bits per heavy atom. The summed E-state index contributed by atoms with van der Waals surface area (Å²) >= 11 is 0. The van der Waals surface area contributed by atoms with Crippen molar-refractivity contribution in [3.05, 3.63) is 81.9 Å². The van der Waals surface area contributed by atoms with Gasteiger partial charge in [0.15, 0.2) is 0 Å². The van der Waals surface area contributed by atoms with E-state index in [-0.39, 0.29) is 17.2 Å². The Morgan fingerprint density at radius 2 is 1.91 bits per heavy atom. The summed E-state index contributed by atoms with van der Waals surface area (Å²) in [6.45, 7) is 4.26. The zero-order valence-corrected chi connectivity index (χ0v) is 17.8. The molecule has 0 spiro atoms. The zero-order valence-electron chi connectivity index (χ0n) is 17.8. The highest BCUT2D eigenvalue weighted by Crippen LogP contribution is 2.35. The highest BCUT2D eigenvalue weighted by Gasteiger charge is 2.33. The van der Waals surface area contributed by atoms with E-state index in [1.54, 1.807) is 40.3 Å². The number of benzene rings is 1. The van der Waals surface area contributed by atoms with Crippen molar-refractivity contribution >= 4 is 16.8 Å². The molecule has 0 saturated heterocycles. The molecule has 3 aromatic heterocycles. The number of aryl methyl sites for hydroxylation is 1. The summed E-state index contributed by atoms with van der Waals surface area (Å²) in [6, 6.07) is 6.36. The van der Waals surface area contributed by atoms with E-state index < -0.39 is 17.8 Å². The molecule has 1 aliphatic heterocycles. The van der Waals surface area contributed by atoms with E-state index in [1.807, 2.05) is 13.8 Å². The van der Waals surface area contributed by atoms with Gasteiger partial charge in [-0.15, -0.1) is 0 Å². The van der Waals surface area contributed by atoms with Gasteiger partial charge in [-0.05, 0) is 43.7 Å². The number of halogens is 3. The second kappa shape index (κ2) is 7.36. The summed E-state index contributed by atoms with van der Waals surface area (Å²) in [5, 5.41) is 0.622. The summed E-state index contributed by atoms with van der Waals surface area (Å²) in [7, 11) is 0. The molecule has 4 heterocycles. The van der Waals surface area contributed by atoms with Crippen LogP contribution in [0.1, 0.15) is 40.3 Å². The Kier molecular flexibility index (Phi) is 4.70. The predicted molar refractivity (Wildman–Crippen MR) is 115 cm³/mol. The molecule has 33 heavy (non-hydrogen) atoms. The zero-order chi connectivity index (χ0) is 23.5. The summed E-state index contributed by atoms with van der Waals surface area (Å²) in [5.74, 6) is -0.305. The smallest absolute Gasteiger partial charge is 0.361 e. The van der Waals surface area contributed by atoms with Crippen molar-refractivity contribution < 1.29 is 18.0 Å². The number of aromatic nitrogens is 4. The fraction of sp³-hybridized carbons (Fsp3) is 0.261. The minimum atomic E-state index is -4.43. The van der Waals surface area contributed by atoms with Gasteiger partial charge in [0.2, 0.25) is 0 Å². The number of carbonyl (C=O) groups excluding carboxylic acids is 1. The van der Waals surface area contributed by atoms with Gasteiger partial charge in [0.25, 0.3) is 11.5 Å². The summed E-state index contributed by atoms with van der Waals surface area (Å²) in [4.78, 5) is 34.9. The Balaban J connectivity index is 1.47. The normalized spacial score (nSPS) is 15.2. The molecule has 170 valence electrons. The summed E-state index contributed by atoms with van der Waals surface area (Å²) < 4.78 is 42.2. The Morgan fingerprint density at radius 1 is 1.12 bits per heavy atom. The van der Waals surface area contributed by atoms with Gasteiger partial charge in [-0.25, -0.2) is 4.98 Å². The molecular formula is C23H20F3N5O2. The van der Waals surface area contributed by atoms with Gasteiger partial charge in [0.05, 0.1) is 23.6 Å². The van der Waals surface area contributed by atoms with Crippen molar-refractivity contribution in [1.82, 2.24) is 24.0 Å². The molecule has 5 rings (SSSR count). The topological polar surface area (TPSA) is 75.9 Å². The Bertz CT molecular complexity index is 1450. The number of rotatable bonds is 3. The second-order valence-corrected chi connectivity index (χ2v) is 8.16.